The number of benzene rings is 2. The summed E-state index contributed by atoms with van der Waals surface area (Å²) in [5.41, 5.74) is 1.31. The largest absolute Gasteiger partial charge is 0.497 e. The zero-order valence-corrected chi connectivity index (χ0v) is 13.7. The van der Waals surface area contributed by atoms with Crippen molar-refractivity contribution in [2.24, 2.45) is 0 Å². The van der Waals surface area contributed by atoms with Crippen LogP contribution in [0.4, 0.5) is 0 Å². The molecule has 0 N–H and O–H groups in total. The molecule has 3 aromatic rings. The lowest BCUT2D eigenvalue weighted by Crippen LogP contribution is -2.14. The fourth-order valence-electron chi connectivity index (χ4n) is 2.46. The third-order valence-electron chi connectivity index (χ3n) is 3.67. The number of aromatic nitrogens is 1. The van der Waals surface area contributed by atoms with E-state index < -0.39 is 10.0 Å². The summed E-state index contributed by atoms with van der Waals surface area (Å²) in [6.45, 7) is 0. The highest BCUT2D eigenvalue weighted by Crippen LogP contribution is 2.24. The first-order valence-corrected chi connectivity index (χ1v) is 8.66. The van der Waals surface area contributed by atoms with Crippen molar-refractivity contribution in [3.63, 3.8) is 0 Å². The number of rotatable bonds is 5. The molecule has 6 heteroatoms. The van der Waals surface area contributed by atoms with Gasteiger partial charge in [0, 0.05) is 17.6 Å². The molecule has 0 aliphatic carbocycles. The molecule has 0 aliphatic rings. The Morgan fingerprint density at radius 2 is 1.57 bits per heavy atom. The van der Waals surface area contributed by atoms with Crippen LogP contribution >= 0.6 is 0 Å². The molecule has 0 saturated heterocycles. The summed E-state index contributed by atoms with van der Waals surface area (Å²) in [6, 6.07) is 14.2. The van der Waals surface area contributed by atoms with Gasteiger partial charge in [0.05, 0.1) is 25.5 Å². The van der Waals surface area contributed by atoms with Gasteiger partial charge in [-0.25, -0.2) is 12.4 Å². The van der Waals surface area contributed by atoms with E-state index in [9.17, 15) is 8.42 Å². The van der Waals surface area contributed by atoms with Gasteiger partial charge in [-0.15, -0.1) is 0 Å². The summed E-state index contributed by atoms with van der Waals surface area (Å²) < 4.78 is 37.0. The molecule has 1 heterocycles. The predicted molar refractivity (Wildman–Crippen MR) is 89.5 cm³/mol. The van der Waals surface area contributed by atoms with Crippen LogP contribution in [-0.4, -0.2) is 26.6 Å². The third kappa shape index (κ3) is 3.03. The molecule has 5 nitrogen and oxygen atoms in total. The van der Waals surface area contributed by atoms with E-state index in [1.165, 1.54) is 3.97 Å². The number of ether oxygens (including phenoxy) is 2. The molecule has 0 aliphatic heterocycles. The normalized spacial score (nSPS) is 11.6. The standard InChI is InChI=1S/C17H17NO4S/c1-21-15-6-3-13(4-7-15)12-23(19,20)18-10-9-14-5-8-16(22-2)11-17(14)18/h3-11H,12H2,1-2H3. The molecule has 0 spiro atoms. The molecule has 0 fully saturated rings. The molecular weight excluding hydrogens is 314 g/mol. The average molecular weight is 331 g/mol. The molecule has 1 aromatic heterocycles. The molecule has 0 atom stereocenters. The van der Waals surface area contributed by atoms with Crippen molar-refractivity contribution in [2.45, 2.75) is 5.75 Å². The van der Waals surface area contributed by atoms with Gasteiger partial charge in [0.2, 0.25) is 10.0 Å². The lowest BCUT2D eigenvalue weighted by atomic mass is 10.2. The zero-order valence-electron chi connectivity index (χ0n) is 12.9. The SMILES string of the molecule is COc1ccc(CS(=O)(=O)n2ccc3ccc(OC)cc32)cc1. The Morgan fingerprint density at radius 1 is 0.913 bits per heavy atom. The Labute approximate surface area is 135 Å². The molecule has 0 amide bonds. The van der Waals surface area contributed by atoms with Crippen molar-refractivity contribution in [3.05, 3.63) is 60.3 Å². The van der Waals surface area contributed by atoms with Gasteiger partial charge in [-0.3, -0.25) is 0 Å². The fraction of sp³-hybridized carbons (Fsp3) is 0.176. The van der Waals surface area contributed by atoms with Crippen LogP contribution in [0, 0.1) is 0 Å². The van der Waals surface area contributed by atoms with Crippen LogP contribution in [0.15, 0.2) is 54.7 Å². The summed E-state index contributed by atoms with van der Waals surface area (Å²) >= 11 is 0. The average Bonchev–Trinajstić information content (AvgIpc) is 2.99. The molecule has 2 aromatic carbocycles. The van der Waals surface area contributed by atoms with Crippen LogP contribution in [0.2, 0.25) is 0 Å². The molecule has 0 saturated carbocycles. The second-order valence-electron chi connectivity index (χ2n) is 5.14. The first kappa shape index (κ1) is 15.4. The highest BCUT2D eigenvalue weighted by Gasteiger charge is 2.17. The second kappa shape index (κ2) is 5.96. The quantitative estimate of drug-likeness (QED) is 0.721. The number of nitrogens with zero attached hydrogens (tertiary/aromatic N) is 1. The molecule has 120 valence electrons. The van der Waals surface area contributed by atoms with Gasteiger partial charge < -0.3 is 9.47 Å². The minimum atomic E-state index is -3.52. The van der Waals surface area contributed by atoms with Crippen LogP contribution in [-0.2, 0) is 15.8 Å². The molecule has 23 heavy (non-hydrogen) atoms. The van der Waals surface area contributed by atoms with Crippen LogP contribution in [0.5, 0.6) is 11.5 Å². The lowest BCUT2D eigenvalue weighted by Gasteiger charge is -2.09. The maximum Gasteiger partial charge on any atom is 0.243 e. The van der Waals surface area contributed by atoms with E-state index in [0.29, 0.717) is 22.6 Å². The van der Waals surface area contributed by atoms with Crippen molar-refractivity contribution in [2.75, 3.05) is 14.2 Å². The van der Waals surface area contributed by atoms with Crippen molar-refractivity contribution in [1.82, 2.24) is 3.97 Å². The maximum absolute atomic E-state index is 12.7. The van der Waals surface area contributed by atoms with E-state index >= 15 is 0 Å². The van der Waals surface area contributed by atoms with Gasteiger partial charge in [0.25, 0.3) is 0 Å². The van der Waals surface area contributed by atoms with Gasteiger partial charge in [-0.2, -0.15) is 0 Å². The first-order chi connectivity index (χ1) is 11.0. The van der Waals surface area contributed by atoms with Crippen molar-refractivity contribution >= 4 is 20.9 Å². The van der Waals surface area contributed by atoms with E-state index in [4.69, 9.17) is 9.47 Å². The number of hydrogen-bond donors (Lipinski definition) is 0. The van der Waals surface area contributed by atoms with Crippen molar-refractivity contribution in [1.29, 1.82) is 0 Å². The van der Waals surface area contributed by atoms with Crippen LogP contribution < -0.4 is 9.47 Å². The minimum absolute atomic E-state index is 0.0853. The Morgan fingerprint density at radius 3 is 2.22 bits per heavy atom. The van der Waals surface area contributed by atoms with Gasteiger partial charge in [0.15, 0.2) is 0 Å². The number of fused-ring (bicyclic) bond motifs is 1. The molecular formula is C17H17NO4S. The minimum Gasteiger partial charge on any atom is -0.497 e. The second-order valence-corrected chi connectivity index (χ2v) is 6.99. The van der Waals surface area contributed by atoms with Gasteiger partial charge >= 0.3 is 0 Å². The van der Waals surface area contributed by atoms with E-state index in [2.05, 4.69) is 0 Å². The van der Waals surface area contributed by atoms with E-state index in [-0.39, 0.29) is 5.75 Å². The summed E-state index contributed by atoms with van der Waals surface area (Å²) in [5, 5.41) is 0.851. The van der Waals surface area contributed by atoms with Crippen molar-refractivity contribution < 1.29 is 17.9 Å². The van der Waals surface area contributed by atoms with Crippen LogP contribution in [0.25, 0.3) is 10.9 Å². The van der Waals surface area contributed by atoms with Crippen molar-refractivity contribution in [3.8, 4) is 11.5 Å². The first-order valence-electron chi connectivity index (χ1n) is 7.05. The van der Waals surface area contributed by atoms with Gasteiger partial charge in [-0.1, -0.05) is 12.1 Å². The number of hydrogen-bond acceptors (Lipinski definition) is 4. The molecule has 0 radical (unpaired) electrons. The molecule has 0 unspecified atom stereocenters. The zero-order chi connectivity index (χ0) is 16.4. The predicted octanol–water partition coefficient (Wildman–Crippen LogP) is 3.04. The third-order valence-corrected chi connectivity index (χ3v) is 5.29. The lowest BCUT2D eigenvalue weighted by molar-refractivity contribution is 0.414. The Hall–Kier alpha value is -2.47. The highest BCUT2D eigenvalue weighted by atomic mass is 32.2. The highest BCUT2D eigenvalue weighted by molar-refractivity contribution is 7.89. The number of methoxy groups -OCH3 is 2. The van der Waals surface area contributed by atoms with Crippen LogP contribution in [0.1, 0.15) is 5.56 Å². The van der Waals surface area contributed by atoms with Crippen LogP contribution in [0.3, 0.4) is 0 Å². The fourth-order valence-corrected chi connectivity index (χ4v) is 3.91. The Kier molecular flexibility index (Phi) is 4.00. The summed E-state index contributed by atoms with van der Waals surface area (Å²) in [5.74, 6) is 1.23. The summed E-state index contributed by atoms with van der Waals surface area (Å²) in [4.78, 5) is 0. The molecule has 3 rings (SSSR count). The van der Waals surface area contributed by atoms with E-state index in [0.717, 1.165) is 5.39 Å². The monoisotopic (exact) mass is 331 g/mol. The Balaban J connectivity index is 1.98. The smallest absolute Gasteiger partial charge is 0.243 e. The summed E-state index contributed by atoms with van der Waals surface area (Å²) in [7, 11) is -0.391. The topological polar surface area (TPSA) is 57.5 Å². The maximum atomic E-state index is 12.7. The molecule has 0 bridgehead atoms. The van der Waals surface area contributed by atoms with Gasteiger partial charge in [0.1, 0.15) is 11.5 Å². The van der Waals surface area contributed by atoms with E-state index in [1.807, 2.05) is 12.1 Å². The Bertz CT molecular complexity index is 927. The van der Waals surface area contributed by atoms with E-state index in [1.54, 1.807) is 56.8 Å². The summed E-state index contributed by atoms with van der Waals surface area (Å²) in [6.07, 6.45) is 1.57. The van der Waals surface area contributed by atoms with Gasteiger partial charge in [-0.05, 0) is 35.9 Å².